The standard InChI is InChI=1S/C11H18FN3O4S/c1-20-5-6(4-16)9(17)8(12)10(18)15-3-2-7(13)14-11(15)19/h2-3,6,8-10,16-18H,4-5H2,1H3,(H2,13,14,19)/t6-,8-,9-,10-/m1/s1. The smallest absolute Gasteiger partial charge is 0.351 e. The molecule has 20 heavy (non-hydrogen) atoms. The molecule has 0 aromatic carbocycles. The van der Waals surface area contributed by atoms with Crippen molar-refractivity contribution in [2.45, 2.75) is 18.5 Å². The number of aliphatic hydroxyl groups excluding tert-OH is 3. The van der Waals surface area contributed by atoms with Gasteiger partial charge in [0.25, 0.3) is 0 Å². The molecular weight excluding hydrogens is 289 g/mol. The fourth-order valence-electron chi connectivity index (χ4n) is 1.69. The summed E-state index contributed by atoms with van der Waals surface area (Å²) in [5.74, 6) is -0.475. The Morgan fingerprint density at radius 3 is 2.70 bits per heavy atom. The van der Waals surface area contributed by atoms with Crippen LogP contribution in [-0.2, 0) is 0 Å². The Morgan fingerprint density at radius 1 is 1.55 bits per heavy atom. The maximum Gasteiger partial charge on any atom is 0.351 e. The number of alkyl halides is 1. The van der Waals surface area contributed by atoms with E-state index in [2.05, 4.69) is 4.98 Å². The Bertz CT molecular complexity index is 487. The van der Waals surface area contributed by atoms with Crippen LogP contribution in [0.4, 0.5) is 10.2 Å². The van der Waals surface area contributed by atoms with Crippen molar-refractivity contribution >= 4 is 17.6 Å². The van der Waals surface area contributed by atoms with Gasteiger partial charge < -0.3 is 21.1 Å². The minimum Gasteiger partial charge on any atom is -0.396 e. The predicted octanol–water partition coefficient (Wildman–Crippen LogP) is -1.01. The first-order valence-electron chi connectivity index (χ1n) is 5.87. The highest BCUT2D eigenvalue weighted by Gasteiger charge is 2.34. The summed E-state index contributed by atoms with van der Waals surface area (Å²) in [5, 5.41) is 28.7. The van der Waals surface area contributed by atoms with E-state index in [1.807, 2.05) is 0 Å². The molecule has 0 spiro atoms. The van der Waals surface area contributed by atoms with Crippen LogP contribution in [0.1, 0.15) is 6.23 Å². The molecule has 0 unspecified atom stereocenters. The number of thioether (sulfide) groups is 1. The molecule has 9 heteroatoms. The molecule has 0 saturated heterocycles. The van der Waals surface area contributed by atoms with E-state index >= 15 is 0 Å². The molecule has 114 valence electrons. The zero-order valence-electron chi connectivity index (χ0n) is 10.9. The molecule has 0 aliphatic rings. The van der Waals surface area contributed by atoms with E-state index in [1.165, 1.54) is 17.8 Å². The van der Waals surface area contributed by atoms with Crippen molar-refractivity contribution in [2.75, 3.05) is 24.3 Å². The van der Waals surface area contributed by atoms with E-state index in [0.717, 1.165) is 6.20 Å². The highest BCUT2D eigenvalue weighted by atomic mass is 32.2. The van der Waals surface area contributed by atoms with Gasteiger partial charge in [-0.1, -0.05) is 0 Å². The van der Waals surface area contributed by atoms with Crippen molar-refractivity contribution in [3.63, 3.8) is 0 Å². The second-order valence-electron chi connectivity index (χ2n) is 4.29. The number of anilines is 1. The molecule has 0 aliphatic heterocycles. The van der Waals surface area contributed by atoms with Crippen molar-refractivity contribution in [2.24, 2.45) is 5.92 Å². The average molecular weight is 307 g/mol. The highest BCUT2D eigenvalue weighted by molar-refractivity contribution is 7.98. The van der Waals surface area contributed by atoms with Gasteiger partial charge in [-0.2, -0.15) is 16.7 Å². The van der Waals surface area contributed by atoms with Crippen LogP contribution in [-0.4, -0.2) is 55.8 Å². The van der Waals surface area contributed by atoms with E-state index in [1.54, 1.807) is 6.26 Å². The van der Waals surface area contributed by atoms with Gasteiger partial charge in [0.2, 0.25) is 0 Å². The SMILES string of the molecule is CSC[C@@H](CO)[C@@H](O)[C@@H](F)[C@@H](O)n1ccc(N)nc1=O. The lowest BCUT2D eigenvalue weighted by atomic mass is 10.0. The normalized spacial score (nSPS) is 17.4. The van der Waals surface area contributed by atoms with E-state index in [0.29, 0.717) is 10.3 Å². The van der Waals surface area contributed by atoms with Crippen molar-refractivity contribution in [1.82, 2.24) is 9.55 Å². The monoisotopic (exact) mass is 307 g/mol. The molecule has 5 N–H and O–H groups in total. The molecule has 1 aromatic rings. The lowest BCUT2D eigenvalue weighted by Crippen LogP contribution is -2.42. The maximum absolute atomic E-state index is 14.1. The number of halogens is 1. The highest BCUT2D eigenvalue weighted by Crippen LogP contribution is 2.21. The number of aliphatic hydroxyl groups is 3. The molecular formula is C11H18FN3O4S. The summed E-state index contributed by atoms with van der Waals surface area (Å²) < 4.78 is 14.7. The van der Waals surface area contributed by atoms with E-state index in [9.17, 15) is 19.4 Å². The Hall–Kier alpha value is -1.16. The van der Waals surface area contributed by atoms with Crippen LogP contribution in [0.5, 0.6) is 0 Å². The van der Waals surface area contributed by atoms with Gasteiger partial charge in [0.15, 0.2) is 12.4 Å². The van der Waals surface area contributed by atoms with E-state index < -0.39 is 36.7 Å². The molecule has 0 saturated carbocycles. The number of hydrogen-bond acceptors (Lipinski definition) is 7. The molecule has 0 bridgehead atoms. The number of nitrogens with two attached hydrogens (primary N) is 1. The van der Waals surface area contributed by atoms with Crippen molar-refractivity contribution < 1.29 is 19.7 Å². The molecule has 0 aliphatic carbocycles. The van der Waals surface area contributed by atoms with Crippen LogP contribution in [0.15, 0.2) is 17.1 Å². The largest absolute Gasteiger partial charge is 0.396 e. The summed E-state index contributed by atoms with van der Waals surface area (Å²) in [6.07, 6.45) is -2.80. The third-order valence-electron chi connectivity index (χ3n) is 2.85. The van der Waals surface area contributed by atoms with Gasteiger partial charge in [-0.25, -0.2) is 9.18 Å². The lowest BCUT2D eigenvalue weighted by molar-refractivity contribution is -0.0733. The second kappa shape index (κ2) is 7.58. The van der Waals surface area contributed by atoms with Crippen molar-refractivity contribution in [1.29, 1.82) is 0 Å². The van der Waals surface area contributed by atoms with E-state index in [4.69, 9.17) is 10.8 Å². The van der Waals surface area contributed by atoms with Crippen molar-refractivity contribution in [3.8, 4) is 0 Å². The lowest BCUT2D eigenvalue weighted by Gasteiger charge is -2.27. The summed E-state index contributed by atoms with van der Waals surface area (Å²) in [5.41, 5.74) is 4.37. The molecule has 7 nitrogen and oxygen atoms in total. The van der Waals surface area contributed by atoms with Gasteiger partial charge in [0.05, 0.1) is 6.10 Å². The molecule has 1 heterocycles. The first-order valence-corrected chi connectivity index (χ1v) is 7.26. The molecule has 0 fully saturated rings. The van der Waals surface area contributed by atoms with Crippen LogP contribution >= 0.6 is 11.8 Å². The fraction of sp³-hybridized carbons (Fsp3) is 0.636. The molecule has 1 rings (SSSR count). The minimum absolute atomic E-state index is 0.0509. The van der Waals surface area contributed by atoms with Gasteiger partial charge in [-0.05, 0) is 12.3 Å². The Morgan fingerprint density at radius 2 is 2.20 bits per heavy atom. The summed E-state index contributed by atoms with van der Waals surface area (Å²) in [6, 6.07) is 1.23. The summed E-state index contributed by atoms with van der Waals surface area (Å²) in [4.78, 5) is 14.8. The van der Waals surface area contributed by atoms with Gasteiger partial charge in [0, 0.05) is 24.5 Å². The number of rotatable bonds is 7. The van der Waals surface area contributed by atoms with Crippen molar-refractivity contribution in [3.05, 3.63) is 22.7 Å². The first-order chi connectivity index (χ1) is 9.42. The molecule has 0 radical (unpaired) electrons. The third kappa shape index (κ3) is 3.92. The molecule has 4 atom stereocenters. The van der Waals surface area contributed by atoms with Crippen LogP contribution in [0, 0.1) is 5.92 Å². The van der Waals surface area contributed by atoms with Gasteiger partial charge in [-0.15, -0.1) is 0 Å². The maximum atomic E-state index is 14.1. The molecule has 0 amide bonds. The first kappa shape index (κ1) is 16.9. The Kier molecular flexibility index (Phi) is 6.40. The van der Waals surface area contributed by atoms with Gasteiger partial charge in [0.1, 0.15) is 5.82 Å². The number of nitrogen functional groups attached to an aromatic ring is 1. The topological polar surface area (TPSA) is 122 Å². The fourth-order valence-corrected chi connectivity index (χ4v) is 2.42. The van der Waals surface area contributed by atoms with Gasteiger partial charge >= 0.3 is 5.69 Å². The Balaban J connectivity index is 2.89. The second-order valence-corrected chi connectivity index (χ2v) is 5.20. The summed E-state index contributed by atoms with van der Waals surface area (Å²) >= 11 is 1.33. The van der Waals surface area contributed by atoms with E-state index in [-0.39, 0.29) is 5.82 Å². The zero-order valence-corrected chi connectivity index (χ0v) is 11.7. The summed E-state index contributed by atoms with van der Waals surface area (Å²) in [6.45, 7) is -0.427. The van der Waals surface area contributed by atoms with Crippen LogP contribution < -0.4 is 11.4 Å². The Labute approximate surface area is 119 Å². The average Bonchev–Trinajstić information content (AvgIpc) is 2.42. The van der Waals surface area contributed by atoms with Crippen LogP contribution in [0.3, 0.4) is 0 Å². The number of aromatic nitrogens is 2. The summed E-state index contributed by atoms with van der Waals surface area (Å²) in [7, 11) is 0. The van der Waals surface area contributed by atoms with Crippen LogP contribution in [0.25, 0.3) is 0 Å². The predicted molar refractivity (Wildman–Crippen MR) is 74.0 cm³/mol. The minimum atomic E-state index is -2.14. The van der Waals surface area contributed by atoms with Crippen LogP contribution in [0.2, 0.25) is 0 Å². The number of nitrogens with zero attached hydrogens (tertiary/aromatic N) is 2. The molecule has 1 aromatic heterocycles. The zero-order chi connectivity index (χ0) is 15.3. The third-order valence-corrected chi connectivity index (χ3v) is 3.61. The quantitative estimate of drug-likeness (QED) is 0.509. The number of hydrogen-bond donors (Lipinski definition) is 4. The van der Waals surface area contributed by atoms with Gasteiger partial charge in [-0.3, -0.25) is 4.57 Å².